The average Bonchev–Trinajstić information content (AvgIpc) is 2.47. The number of nitrogens with two attached hydrogens (primary N) is 1. The second-order valence-corrected chi connectivity index (χ2v) is 4.40. The molecule has 1 aromatic heterocycles. The minimum atomic E-state index is -0.549. The molecular formula is C15H17N3O. The number of benzene rings is 1. The Balaban J connectivity index is 2.03. The van der Waals surface area contributed by atoms with E-state index in [1.165, 1.54) is 0 Å². The van der Waals surface area contributed by atoms with Crippen LogP contribution in [-0.2, 0) is 11.2 Å². The van der Waals surface area contributed by atoms with Crippen LogP contribution in [0, 0.1) is 0 Å². The Morgan fingerprint density at radius 1 is 1.26 bits per heavy atom. The molecule has 2 N–H and O–H groups in total. The molecule has 1 aromatic carbocycles. The molecule has 4 heteroatoms. The van der Waals surface area contributed by atoms with Crippen LogP contribution in [0.4, 0.5) is 5.69 Å². The van der Waals surface area contributed by atoms with Gasteiger partial charge in [-0.2, -0.15) is 0 Å². The summed E-state index contributed by atoms with van der Waals surface area (Å²) in [5.41, 5.74) is 7.78. The number of aromatic nitrogens is 1. The SMILES string of the molecule is CN(C(=O)[C@@H](N)Cc1ccccc1)c1cccnc1. The maximum atomic E-state index is 12.2. The van der Waals surface area contributed by atoms with Crippen molar-refractivity contribution in [1.29, 1.82) is 0 Å². The molecule has 0 aliphatic heterocycles. The summed E-state index contributed by atoms with van der Waals surface area (Å²) < 4.78 is 0. The number of pyridine rings is 1. The van der Waals surface area contributed by atoms with Crippen LogP contribution in [0.15, 0.2) is 54.9 Å². The van der Waals surface area contributed by atoms with Crippen molar-refractivity contribution in [3.8, 4) is 0 Å². The van der Waals surface area contributed by atoms with E-state index in [2.05, 4.69) is 4.98 Å². The Hall–Kier alpha value is -2.20. The number of anilines is 1. The third-order valence-electron chi connectivity index (χ3n) is 2.98. The van der Waals surface area contributed by atoms with Crippen LogP contribution in [0.3, 0.4) is 0 Å². The van der Waals surface area contributed by atoms with Gasteiger partial charge in [0.25, 0.3) is 0 Å². The molecule has 1 amide bonds. The zero-order chi connectivity index (χ0) is 13.7. The lowest BCUT2D eigenvalue weighted by Gasteiger charge is -2.21. The highest BCUT2D eigenvalue weighted by molar-refractivity contribution is 5.96. The van der Waals surface area contributed by atoms with Crippen LogP contribution in [0.25, 0.3) is 0 Å². The van der Waals surface area contributed by atoms with Crippen molar-refractivity contribution in [3.05, 3.63) is 60.4 Å². The first kappa shape index (κ1) is 13.2. The molecule has 98 valence electrons. The molecule has 0 unspecified atom stereocenters. The van der Waals surface area contributed by atoms with E-state index in [-0.39, 0.29) is 5.91 Å². The summed E-state index contributed by atoms with van der Waals surface area (Å²) in [5, 5.41) is 0. The molecule has 0 saturated heterocycles. The number of hydrogen-bond acceptors (Lipinski definition) is 3. The Kier molecular flexibility index (Phi) is 4.26. The lowest BCUT2D eigenvalue weighted by molar-refractivity contribution is -0.119. The van der Waals surface area contributed by atoms with Crippen molar-refractivity contribution in [3.63, 3.8) is 0 Å². The van der Waals surface area contributed by atoms with Gasteiger partial charge in [-0.1, -0.05) is 30.3 Å². The minimum Gasteiger partial charge on any atom is -0.320 e. The van der Waals surface area contributed by atoms with Crippen LogP contribution < -0.4 is 10.6 Å². The molecule has 2 aromatic rings. The van der Waals surface area contributed by atoms with Gasteiger partial charge in [-0.25, -0.2) is 0 Å². The molecule has 0 aliphatic carbocycles. The van der Waals surface area contributed by atoms with Crippen LogP contribution in [0.2, 0.25) is 0 Å². The number of carbonyl (C=O) groups is 1. The van der Waals surface area contributed by atoms with Gasteiger partial charge in [-0.3, -0.25) is 9.78 Å². The molecule has 4 nitrogen and oxygen atoms in total. The summed E-state index contributed by atoms with van der Waals surface area (Å²) in [7, 11) is 1.71. The first-order valence-electron chi connectivity index (χ1n) is 6.15. The molecule has 0 fully saturated rings. The van der Waals surface area contributed by atoms with Crippen molar-refractivity contribution in [2.75, 3.05) is 11.9 Å². The van der Waals surface area contributed by atoms with E-state index in [9.17, 15) is 4.79 Å². The summed E-state index contributed by atoms with van der Waals surface area (Å²) >= 11 is 0. The fourth-order valence-electron chi connectivity index (χ4n) is 1.88. The summed E-state index contributed by atoms with van der Waals surface area (Å²) in [6, 6.07) is 12.8. The van der Waals surface area contributed by atoms with Crippen molar-refractivity contribution in [2.24, 2.45) is 5.73 Å². The zero-order valence-electron chi connectivity index (χ0n) is 10.9. The zero-order valence-corrected chi connectivity index (χ0v) is 10.9. The fraction of sp³-hybridized carbons (Fsp3) is 0.200. The van der Waals surface area contributed by atoms with Crippen LogP contribution in [0.1, 0.15) is 5.56 Å². The van der Waals surface area contributed by atoms with Crippen molar-refractivity contribution in [1.82, 2.24) is 4.98 Å². The Bertz CT molecular complexity index is 528. The highest BCUT2D eigenvalue weighted by Crippen LogP contribution is 2.11. The third-order valence-corrected chi connectivity index (χ3v) is 2.98. The van der Waals surface area contributed by atoms with Gasteiger partial charge in [0.15, 0.2) is 0 Å². The van der Waals surface area contributed by atoms with Gasteiger partial charge < -0.3 is 10.6 Å². The first-order valence-corrected chi connectivity index (χ1v) is 6.15. The van der Waals surface area contributed by atoms with E-state index in [0.717, 1.165) is 11.3 Å². The highest BCUT2D eigenvalue weighted by atomic mass is 16.2. The van der Waals surface area contributed by atoms with Crippen molar-refractivity contribution in [2.45, 2.75) is 12.5 Å². The molecule has 0 bridgehead atoms. The van der Waals surface area contributed by atoms with E-state index in [0.29, 0.717) is 6.42 Å². The number of nitrogens with zero attached hydrogens (tertiary/aromatic N) is 2. The maximum Gasteiger partial charge on any atom is 0.244 e. The Morgan fingerprint density at radius 2 is 2.00 bits per heavy atom. The van der Waals surface area contributed by atoms with Gasteiger partial charge in [0.2, 0.25) is 5.91 Å². The summed E-state index contributed by atoms with van der Waals surface area (Å²) in [5.74, 6) is -0.114. The average molecular weight is 255 g/mol. The third kappa shape index (κ3) is 3.39. The normalized spacial score (nSPS) is 11.9. The standard InChI is InChI=1S/C15H17N3O/c1-18(13-8-5-9-17-11-13)15(19)14(16)10-12-6-3-2-4-7-12/h2-9,11,14H,10,16H2,1H3/t14-/m0/s1. The molecule has 0 saturated carbocycles. The predicted molar refractivity (Wildman–Crippen MR) is 75.8 cm³/mol. The van der Waals surface area contributed by atoms with E-state index in [1.54, 1.807) is 30.4 Å². The number of likely N-dealkylation sites (N-methyl/N-ethyl adjacent to an activating group) is 1. The quantitative estimate of drug-likeness (QED) is 0.903. The number of amides is 1. The van der Waals surface area contributed by atoms with Gasteiger partial charge in [-0.15, -0.1) is 0 Å². The lowest BCUT2D eigenvalue weighted by Crippen LogP contribution is -2.43. The largest absolute Gasteiger partial charge is 0.320 e. The first-order chi connectivity index (χ1) is 9.18. The number of rotatable bonds is 4. The second-order valence-electron chi connectivity index (χ2n) is 4.40. The maximum absolute atomic E-state index is 12.2. The predicted octanol–water partition coefficient (Wildman–Crippen LogP) is 1.61. The molecule has 2 rings (SSSR count). The number of carbonyl (C=O) groups excluding carboxylic acids is 1. The van der Waals surface area contributed by atoms with Crippen molar-refractivity contribution >= 4 is 11.6 Å². The Morgan fingerprint density at radius 3 is 2.63 bits per heavy atom. The fourth-order valence-corrected chi connectivity index (χ4v) is 1.88. The molecular weight excluding hydrogens is 238 g/mol. The smallest absolute Gasteiger partial charge is 0.244 e. The topological polar surface area (TPSA) is 59.2 Å². The molecule has 1 heterocycles. The van der Waals surface area contributed by atoms with Crippen molar-refractivity contribution < 1.29 is 4.79 Å². The summed E-state index contributed by atoms with van der Waals surface area (Å²) in [4.78, 5) is 17.8. The second kappa shape index (κ2) is 6.11. The molecule has 0 spiro atoms. The summed E-state index contributed by atoms with van der Waals surface area (Å²) in [6.07, 6.45) is 3.85. The molecule has 19 heavy (non-hydrogen) atoms. The van der Waals surface area contributed by atoms with E-state index in [1.807, 2.05) is 36.4 Å². The molecule has 1 atom stereocenters. The lowest BCUT2D eigenvalue weighted by atomic mass is 10.1. The van der Waals surface area contributed by atoms with Gasteiger partial charge in [0.05, 0.1) is 17.9 Å². The highest BCUT2D eigenvalue weighted by Gasteiger charge is 2.19. The van der Waals surface area contributed by atoms with Gasteiger partial charge in [0.1, 0.15) is 0 Å². The van der Waals surface area contributed by atoms with Crippen LogP contribution in [-0.4, -0.2) is 24.0 Å². The Labute approximate surface area is 112 Å². The van der Waals surface area contributed by atoms with E-state index < -0.39 is 6.04 Å². The number of hydrogen-bond donors (Lipinski definition) is 1. The molecule has 0 aliphatic rings. The molecule has 0 radical (unpaired) electrons. The summed E-state index contributed by atoms with van der Waals surface area (Å²) in [6.45, 7) is 0. The van der Waals surface area contributed by atoms with E-state index >= 15 is 0 Å². The van der Waals surface area contributed by atoms with Gasteiger partial charge >= 0.3 is 0 Å². The van der Waals surface area contributed by atoms with Gasteiger partial charge in [0, 0.05) is 13.2 Å². The van der Waals surface area contributed by atoms with Gasteiger partial charge in [-0.05, 0) is 24.1 Å². The monoisotopic (exact) mass is 255 g/mol. The van der Waals surface area contributed by atoms with Crippen LogP contribution in [0.5, 0.6) is 0 Å². The van der Waals surface area contributed by atoms with Crippen LogP contribution >= 0.6 is 0 Å². The minimum absolute atomic E-state index is 0.114. The van der Waals surface area contributed by atoms with E-state index in [4.69, 9.17) is 5.73 Å².